The van der Waals surface area contributed by atoms with E-state index in [1.807, 2.05) is 13.0 Å². The Balaban J connectivity index is 1.35. The highest BCUT2D eigenvalue weighted by Gasteiger charge is 2.46. The zero-order valence-electron chi connectivity index (χ0n) is 15.0. The maximum Gasteiger partial charge on any atom is 0.227 e. The lowest BCUT2D eigenvalue weighted by Gasteiger charge is -2.56. The topological polar surface area (TPSA) is 36.4 Å². The predicted molar refractivity (Wildman–Crippen MR) is 98.2 cm³/mol. The highest BCUT2D eigenvalue weighted by Crippen LogP contribution is 2.33. The summed E-state index contributed by atoms with van der Waals surface area (Å²) < 4.78 is 0. The van der Waals surface area contributed by atoms with E-state index in [1.54, 1.807) is 0 Å². The van der Waals surface area contributed by atoms with Crippen molar-refractivity contribution in [3.8, 4) is 0 Å². The molecule has 0 spiro atoms. The number of hydrogen-bond acceptors (Lipinski definition) is 3. The van der Waals surface area contributed by atoms with Crippen molar-refractivity contribution in [3.63, 3.8) is 0 Å². The summed E-state index contributed by atoms with van der Waals surface area (Å²) in [5, 5.41) is 0. The average molecular weight is 335 g/mol. The average Bonchev–Trinajstić information content (AvgIpc) is 2.57. The first-order valence-electron chi connectivity index (χ1n) is 9.10. The molecule has 0 saturated carbocycles. The van der Waals surface area contributed by atoms with Crippen molar-refractivity contribution in [1.82, 2.24) is 14.8 Å². The molecule has 3 aliphatic rings. The van der Waals surface area contributed by atoms with Crippen LogP contribution in [0.1, 0.15) is 28.9 Å². The third-order valence-electron chi connectivity index (χ3n) is 5.36. The zero-order chi connectivity index (χ0) is 17.4. The summed E-state index contributed by atoms with van der Waals surface area (Å²) in [5.41, 5.74) is 4.53. The van der Waals surface area contributed by atoms with Gasteiger partial charge in [0.05, 0.1) is 12.1 Å². The predicted octanol–water partition coefficient (Wildman–Crippen LogP) is 2.73. The molecule has 0 N–H and O–H groups in total. The SMILES string of the molecule is Cc1ccc(CC(=O)N2C3CC2CN(Cc2cccc(C)n2)C3)cc1. The summed E-state index contributed by atoms with van der Waals surface area (Å²) in [7, 11) is 0. The maximum absolute atomic E-state index is 12.7. The van der Waals surface area contributed by atoms with Gasteiger partial charge in [-0.15, -0.1) is 0 Å². The lowest BCUT2D eigenvalue weighted by atomic mass is 9.86. The van der Waals surface area contributed by atoms with Gasteiger partial charge in [-0.25, -0.2) is 0 Å². The summed E-state index contributed by atoms with van der Waals surface area (Å²) >= 11 is 0. The number of carbonyl (C=O) groups is 1. The van der Waals surface area contributed by atoms with Crippen LogP contribution in [0, 0.1) is 13.8 Å². The van der Waals surface area contributed by atoms with Gasteiger partial charge in [0, 0.05) is 37.4 Å². The molecular weight excluding hydrogens is 310 g/mol. The molecule has 1 aromatic carbocycles. The Bertz CT molecular complexity index is 759. The number of aryl methyl sites for hydroxylation is 2. The molecule has 1 aromatic heterocycles. The van der Waals surface area contributed by atoms with Crippen LogP contribution in [0.15, 0.2) is 42.5 Å². The molecule has 4 heteroatoms. The number of hydrogen-bond donors (Lipinski definition) is 0. The molecule has 0 aliphatic carbocycles. The monoisotopic (exact) mass is 335 g/mol. The van der Waals surface area contributed by atoms with Crippen molar-refractivity contribution in [1.29, 1.82) is 0 Å². The van der Waals surface area contributed by atoms with Crippen LogP contribution in [0.2, 0.25) is 0 Å². The molecule has 3 fully saturated rings. The highest BCUT2D eigenvalue weighted by molar-refractivity contribution is 5.80. The third-order valence-corrected chi connectivity index (χ3v) is 5.36. The first-order chi connectivity index (χ1) is 12.1. The molecule has 5 rings (SSSR count). The fourth-order valence-electron chi connectivity index (χ4n) is 4.12. The first-order valence-corrected chi connectivity index (χ1v) is 9.10. The number of pyridine rings is 1. The minimum Gasteiger partial charge on any atom is -0.334 e. The van der Waals surface area contributed by atoms with E-state index < -0.39 is 0 Å². The lowest BCUT2D eigenvalue weighted by molar-refractivity contribution is -0.153. The van der Waals surface area contributed by atoms with Crippen LogP contribution in [-0.2, 0) is 17.8 Å². The van der Waals surface area contributed by atoms with Crippen molar-refractivity contribution in [2.45, 2.75) is 45.3 Å². The number of amides is 1. The fraction of sp³-hybridized carbons (Fsp3) is 0.429. The van der Waals surface area contributed by atoms with Gasteiger partial charge in [-0.3, -0.25) is 14.7 Å². The van der Waals surface area contributed by atoms with Crippen molar-refractivity contribution >= 4 is 5.91 Å². The number of nitrogens with zero attached hydrogens (tertiary/aromatic N) is 3. The second kappa shape index (κ2) is 6.60. The van der Waals surface area contributed by atoms with Crippen molar-refractivity contribution in [3.05, 3.63) is 65.0 Å². The van der Waals surface area contributed by atoms with Crippen LogP contribution in [0.4, 0.5) is 0 Å². The third kappa shape index (κ3) is 3.45. The second-order valence-corrected chi connectivity index (χ2v) is 7.47. The smallest absolute Gasteiger partial charge is 0.227 e. The van der Waals surface area contributed by atoms with Gasteiger partial charge in [0.2, 0.25) is 5.91 Å². The summed E-state index contributed by atoms with van der Waals surface area (Å²) in [4.78, 5) is 21.9. The van der Waals surface area contributed by atoms with Gasteiger partial charge in [0.15, 0.2) is 0 Å². The summed E-state index contributed by atoms with van der Waals surface area (Å²) in [6.07, 6.45) is 1.67. The number of piperidine rings is 1. The van der Waals surface area contributed by atoms with E-state index in [4.69, 9.17) is 0 Å². The zero-order valence-corrected chi connectivity index (χ0v) is 15.0. The van der Waals surface area contributed by atoms with Crippen LogP contribution < -0.4 is 0 Å². The number of benzene rings is 1. The Hall–Kier alpha value is -2.20. The van der Waals surface area contributed by atoms with E-state index in [-0.39, 0.29) is 5.91 Å². The molecule has 3 saturated heterocycles. The summed E-state index contributed by atoms with van der Waals surface area (Å²) in [6.45, 7) is 6.91. The lowest BCUT2D eigenvalue weighted by Crippen LogP contribution is -2.70. The number of carbonyl (C=O) groups excluding carboxylic acids is 1. The number of fused-ring (bicyclic) bond motifs is 2. The van der Waals surface area contributed by atoms with Crippen LogP contribution in [-0.4, -0.2) is 45.9 Å². The number of rotatable bonds is 4. The molecule has 4 nitrogen and oxygen atoms in total. The maximum atomic E-state index is 12.7. The minimum atomic E-state index is 0.276. The van der Waals surface area contributed by atoms with Gasteiger partial charge in [-0.1, -0.05) is 35.9 Å². The molecule has 4 heterocycles. The first kappa shape index (κ1) is 16.3. The highest BCUT2D eigenvalue weighted by atomic mass is 16.2. The molecule has 3 aliphatic heterocycles. The van der Waals surface area contributed by atoms with Crippen LogP contribution in [0.3, 0.4) is 0 Å². The van der Waals surface area contributed by atoms with E-state index in [0.717, 1.165) is 43.0 Å². The van der Waals surface area contributed by atoms with Gasteiger partial charge in [0.25, 0.3) is 0 Å². The van der Waals surface area contributed by atoms with Gasteiger partial charge < -0.3 is 4.90 Å². The molecule has 0 radical (unpaired) electrons. The Morgan fingerprint density at radius 3 is 2.48 bits per heavy atom. The van der Waals surface area contributed by atoms with E-state index in [0.29, 0.717) is 18.5 Å². The molecular formula is C21H25N3O. The largest absolute Gasteiger partial charge is 0.334 e. The van der Waals surface area contributed by atoms with Crippen LogP contribution in [0.25, 0.3) is 0 Å². The second-order valence-electron chi connectivity index (χ2n) is 7.47. The van der Waals surface area contributed by atoms with E-state index in [9.17, 15) is 4.79 Å². The molecule has 130 valence electrons. The number of piperazine rings is 1. The van der Waals surface area contributed by atoms with Crippen molar-refractivity contribution < 1.29 is 4.79 Å². The van der Waals surface area contributed by atoms with E-state index >= 15 is 0 Å². The Labute approximate surface area is 149 Å². The summed E-state index contributed by atoms with van der Waals surface area (Å²) in [5.74, 6) is 0.276. The molecule has 2 atom stereocenters. The number of aromatic nitrogens is 1. The molecule has 2 bridgehead atoms. The van der Waals surface area contributed by atoms with Crippen LogP contribution >= 0.6 is 0 Å². The van der Waals surface area contributed by atoms with E-state index in [2.05, 4.69) is 58.1 Å². The van der Waals surface area contributed by atoms with Gasteiger partial charge in [-0.2, -0.15) is 0 Å². The Morgan fingerprint density at radius 1 is 1.08 bits per heavy atom. The molecule has 25 heavy (non-hydrogen) atoms. The Morgan fingerprint density at radius 2 is 1.80 bits per heavy atom. The molecule has 2 unspecified atom stereocenters. The van der Waals surface area contributed by atoms with Crippen LogP contribution in [0.5, 0.6) is 0 Å². The van der Waals surface area contributed by atoms with Crippen molar-refractivity contribution in [2.24, 2.45) is 0 Å². The fourth-order valence-corrected chi connectivity index (χ4v) is 4.12. The normalized spacial score (nSPS) is 22.6. The summed E-state index contributed by atoms with van der Waals surface area (Å²) in [6, 6.07) is 15.2. The molecule has 2 aromatic rings. The van der Waals surface area contributed by atoms with Gasteiger partial charge in [-0.05, 0) is 38.0 Å². The van der Waals surface area contributed by atoms with E-state index in [1.165, 1.54) is 5.56 Å². The van der Waals surface area contributed by atoms with Gasteiger partial charge >= 0.3 is 0 Å². The van der Waals surface area contributed by atoms with Crippen molar-refractivity contribution in [2.75, 3.05) is 13.1 Å². The quantitative estimate of drug-likeness (QED) is 0.862. The molecule has 1 amide bonds. The standard InChI is InChI=1S/C21H25N3O/c1-15-6-8-17(9-7-15)10-21(25)24-19-11-20(24)14-23(13-19)12-18-5-3-4-16(2)22-18/h3-9,19-20H,10-14H2,1-2H3. The minimum absolute atomic E-state index is 0.276. The van der Waals surface area contributed by atoms with Gasteiger partial charge in [0.1, 0.15) is 0 Å². The Kier molecular flexibility index (Phi) is 4.30.